The van der Waals surface area contributed by atoms with Crippen molar-refractivity contribution < 1.29 is 9.53 Å². The zero-order valence-electron chi connectivity index (χ0n) is 13.3. The van der Waals surface area contributed by atoms with E-state index >= 15 is 0 Å². The van der Waals surface area contributed by atoms with Crippen molar-refractivity contribution in [3.63, 3.8) is 0 Å². The third-order valence-corrected chi connectivity index (χ3v) is 3.61. The molecule has 116 valence electrons. The van der Waals surface area contributed by atoms with Crippen LogP contribution in [0.5, 0.6) is 0 Å². The Balaban J connectivity index is 2.05. The molecule has 0 radical (unpaired) electrons. The summed E-state index contributed by atoms with van der Waals surface area (Å²) in [6, 6.07) is 15.7. The summed E-state index contributed by atoms with van der Waals surface area (Å²) in [5, 5.41) is 3.34. The molecular weight excluding hydrogens is 274 g/mol. The van der Waals surface area contributed by atoms with E-state index in [0.29, 0.717) is 18.7 Å². The molecule has 0 aromatic heterocycles. The molecule has 0 fully saturated rings. The van der Waals surface area contributed by atoms with Gasteiger partial charge in [0.2, 0.25) is 0 Å². The van der Waals surface area contributed by atoms with E-state index in [1.165, 1.54) is 11.1 Å². The van der Waals surface area contributed by atoms with E-state index < -0.39 is 0 Å². The second-order valence-corrected chi connectivity index (χ2v) is 5.32. The third kappa shape index (κ3) is 4.35. The minimum absolute atomic E-state index is 0.263. The van der Waals surface area contributed by atoms with Crippen LogP contribution in [0, 0.1) is 6.92 Å². The highest BCUT2D eigenvalue weighted by atomic mass is 16.5. The molecule has 0 amide bonds. The highest BCUT2D eigenvalue weighted by Crippen LogP contribution is 2.18. The van der Waals surface area contributed by atoms with Crippen molar-refractivity contribution in [1.29, 1.82) is 0 Å². The number of carbonyl (C=O) groups is 1. The molecule has 3 heteroatoms. The molecular formula is C19H23NO2. The number of aryl methyl sites for hydroxylation is 1. The van der Waals surface area contributed by atoms with Crippen LogP contribution in [0.25, 0.3) is 0 Å². The van der Waals surface area contributed by atoms with Crippen LogP contribution in [0.15, 0.2) is 48.5 Å². The summed E-state index contributed by atoms with van der Waals surface area (Å²) in [5.74, 6) is -0.263. The summed E-state index contributed by atoms with van der Waals surface area (Å²) in [6.07, 6.45) is 1.91. The number of hydrogen-bond acceptors (Lipinski definition) is 3. The van der Waals surface area contributed by atoms with Gasteiger partial charge in [0.15, 0.2) is 0 Å². The Labute approximate surface area is 132 Å². The molecule has 2 rings (SSSR count). The topological polar surface area (TPSA) is 38.3 Å². The van der Waals surface area contributed by atoms with Gasteiger partial charge in [-0.2, -0.15) is 0 Å². The van der Waals surface area contributed by atoms with Crippen LogP contribution < -0.4 is 5.32 Å². The fraction of sp³-hybridized carbons (Fsp3) is 0.316. The maximum Gasteiger partial charge on any atom is 0.340 e. The summed E-state index contributed by atoms with van der Waals surface area (Å²) in [5.41, 5.74) is 3.86. The van der Waals surface area contributed by atoms with Crippen molar-refractivity contribution in [2.45, 2.75) is 33.2 Å². The Bertz CT molecular complexity index is 622. The largest absolute Gasteiger partial charge is 0.462 e. The quantitative estimate of drug-likeness (QED) is 0.601. The fourth-order valence-electron chi connectivity index (χ4n) is 2.20. The van der Waals surface area contributed by atoms with Gasteiger partial charge in [0.1, 0.15) is 0 Å². The van der Waals surface area contributed by atoms with Gasteiger partial charge in [-0.15, -0.1) is 0 Å². The SMILES string of the molecule is CCCCOC(=O)c1ccccc1NCc1ccccc1C. The monoisotopic (exact) mass is 297 g/mol. The van der Waals surface area contributed by atoms with Crippen LogP contribution >= 0.6 is 0 Å². The number of rotatable bonds is 7. The average molecular weight is 297 g/mol. The highest BCUT2D eigenvalue weighted by Gasteiger charge is 2.12. The van der Waals surface area contributed by atoms with Crippen LogP contribution in [-0.2, 0) is 11.3 Å². The lowest BCUT2D eigenvalue weighted by molar-refractivity contribution is 0.0501. The number of esters is 1. The van der Waals surface area contributed by atoms with Gasteiger partial charge in [-0.25, -0.2) is 4.79 Å². The van der Waals surface area contributed by atoms with Crippen molar-refractivity contribution in [3.05, 3.63) is 65.2 Å². The Morgan fingerprint density at radius 1 is 1.09 bits per heavy atom. The predicted octanol–water partition coefficient (Wildman–Crippen LogP) is 4.56. The first-order chi connectivity index (χ1) is 10.7. The number of ether oxygens (including phenoxy) is 1. The second-order valence-electron chi connectivity index (χ2n) is 5.32. The van der Waals surface area contributed by atoms with E-state index in [-0.39, 0.29) is 5.97 Å². The molecule has 0 atom stereocenters. The zero-order chi connectivity index (χ0) is 15.8. The number of unbranched alkanes of at least 4 members (excludes halogenated alkanes) is 1. The Kier molecular flexibility index (Phi) is 6.01. The van der Waals surface area contributed by atoms with Crippen LogP contribution in [0.2, 0.25) is 0 Å². The Morgan fingerprint density at radius 3 is 2.59 bits per heavy atom. The first-order valence-corrected chi connectivity index (χ1v) is 7.77. The van der Waals surface area contributed by atoms with E-state index in [9.17, 15) is 4.79 Å². The number of benzene rings is 2. The first-order valence-electron chi connectivity index (χ1n) is 7.77. The molecule has 0 aliphatic heterocycles. The molecule has 2 aromatic rings. The van der Waals surface area contributed by atoms with Crippen LogP contribution in [0.1, 0.15) is 41.3 Å². The maximum atomic E-state index is 12.2. The standard InChI is InChI=1S/C19H23NO2/c1-3-4-13-22-19(21)17-11-7-8-12-18(17)20-14-16-10-6-5-9-15(16)2/h5-12,20H,3-4,13-14H2,1-2H3. The zero-order valence-corrected chi connectivity index (χ0v) is 13.3. The van der Waals surface area contributed by atoms with Crippen LogP contribution in [0.3, 0.4) is 0 Å². The molecule has 3 nitrogen and oxygen atoms in total. The molecule has 0 saturated heterocycles. The van der Waals surface area contributed by atoms with Crippen LogP contribution in [-0.4, -0.2) is 12.6 Å². The summed E-state index contributed by atoms with van der Waals surface area (Å²) < 4.78 is 5.31. The van der Waals surface area contributed by atoms with E-state index in [1.807, 2.05) is 30.3 Å². The van der Waals surface area contributed by atoms with Gasteiger partial charge in [0.25, 0.3) is 0 Å². The first kappa shape index (κ1) is 16.1. The Hall–Kier alpha value is -2.29. The molecule has 0 bridgehead atoms. The molecule has 0 saturated carbocycles. The van der Waals surface area contributed by atoms with E-state index in [2.05, 4.69) is 31.3 Å². The number of nitrogens with one attached hydrogen (secondary N) is 1. The van der Waals surface area contributed by atoms with E-state index in [1.54, 1.807) is 6.07 Å². The molecule has 0 heterocycles. The summed E-state index contributed by atoms with van der Waals surface area (Å²) in [6.45, 7) is 5.32. The van der Waals surface area contributed by atoms with Gasteiger partial charge >= 0.3 is 5.97 Å². The van der Waals surface area contributed by atoms with E-state index in [0.717, 1.165) is 18.5 Å². The van der Waals surface area contributed by atoms with Gasteiger partial charge in [0, 0.05) is 12.2 Å². The fourth-order valence-corrected chi connectivity index (χ4v) is 2.20. The number of para-hydroxylation sites is 1. The van der Waals surface area contributed by atoms with Gasteiger partial charge in [-0.05, 0) is 36.6 Å². The lowest BCUT2D eigenvalue weighted by Gasteiger charge is -2.13. The van der Waals surface area contributed by atoms with Crippen molar-refractivity contribution in [2.75, 3.05) is 11.9 Å². The molecule has 0 unspecified atom stereocenters. The number of hydrogen-bond donors (Lipinski definition) is 1. The number of carbonyl (C=O) groups excluding carboxylic acids is 1. The lowest BCUT2D eigenvalue weighted by Crippen LogP contribution is -2.11. The summed E-state index contributed by atoms with van der Waals surface area (Å²) >= 11 is 0. The Morgan fingerprint density at radius 2 is 1.82 bits per heavy atom. The molecule has 2 aromatic carbocycles. The van der Waals surface area contributed by atoms with Crippen molar-refractivity contribution >= 4 is 11.7 Å². The number of anilines is 1. The van der Waals surface area contributed by atoms with Crippen molar-refractivity contribution in [3.8, 4) is 0 Å². The smallest absolute Gasteiger partial charge is 0.340 e. The van der Waals surface area contributed by atoms with Gasteiger partial charge in [-0.1, -0.05) is 49.7 Å². The molecule has 0 spiro atoms. The van der Waals surface area contributed by atoms with Gasteiger partial charge in [-0.3, -0.25) is 0 Å². The minimum Gasteiger partial charge on any atom is -0.462 e. The minimum atomic E-state index is -0.263. The van der Waals surface area contributed by atoms with Crippen molar-refractivity contribution in [2.24, 2.45) is 0 Å². The normalized spacial score (nSPS) is 10.3. The van der Waals surface area contributed by atoms with E-state index in [4.69, 9.17) is 4.74 Å². The second kappa shape index (κ2) is 8.23. The maximum absolute atomic E-state index is 12.2. The third-order valence-electron chi connectivity index (χ3n) is 3.61. The highest BCUT2D eigenvalue weighted by molar-refractivity contribution is 5.95. The molecule has 0 aliphatic rings. The summed E-state index contributed by atoms with van der Waals surface area (Å²) in [7, 11) is 0. The average Bonchev–Trinajstić information content (AvgIpc) is 2.54. The molecule has 22 heavy (non-hydrogen) atoms. The predicted molar refractivity (Wildman–Crippen MR) is 90.1 cm³/mol. The van der Waals surface area contributed by atoms with Crippen LogP contribution in [0.4, 0.5) is 5.69 Å². The van der Waals surface area contributed by atoms with Gasteiger partial charge in [0.05, 0.1) is 12.2 Å². The van der Waals surface area contributed by atoms with Gasteiger partial charge < -0.3 is 10.1 Å². The molecule has 0 aliphatic carbocycles. The molecule has 1 N–H and O–H groups in total. The lowest BCUT2D eigenvalue weighted by atomic mass is 10.1. The van der Waals surface area contributed by atoms with Crippen molar-refractivity contribution in [1.82, 2.24) is 0 Å². The summed E-state index contributed by atoms with van der Waals surface area (Å²) in [4.78, 5) is 12.2.